The van der Waals surface area contributed by atoms with Crippen molar-refractivity contribution in [1.82, 2.24) is 8.61 Å². The number of nitrogens with zero attached hydrogens (tertiary/aromatic N) is 4. The molecule has 0 spiro atoms. The van der Waals surface area contributed by atoms with Gasteiger partial charge in [-0.05, 0) is 112 Å². The molecular weight excluding hydrogens is 912 g/mol. The highest BCUT2D eigenvalue weighted by molar-refractivity contribution is 9.10. The second kappa shape index (κ2) is 16.8. The second-order valence-corrected chi connectivity index (χ2v) is 19.8. The van der Waals surface area contributed by atoms with E-state index >= 15 is 0 Å². The third-order valence-corrected chi connectivity index (χ3v) is 16.5. The number of amides is 2. The molecular formula is C39H39Br2ClN4O8S2. The molecule has 4 heterocycles. The van der Waals surface area contributed by atoms with E-state index in [4.69, 9.17) is 21.1 Å². The molecule has 2 fully saturated rings. The van der Waals surface area contributed by atoms with Crippen LogP contribution in [0.4, 0.5) is 21.0 Å². The summed E-state index contributed by atoms with van der Waals surface area (Å²) in [5, 5.41) is 0.589. The van der Waals surface area contributed by atoms with Crippen molar-refractivity contribution in [2.75, 3.05) is 36.0 Å². The van der Waals surface area contributed by atoms with Crippen molar-refractivity contribution in [3.63, 3.8) is 0 Å². The van der Waals surface area contributed by atoms with Gasteiger partial charge in [0, 0.05) is 63.4 Å². The third-order valence-electron chi connectivity index (χ3n) is 10.4. The lowest BCUT2D eigenvalue weighted by atomic mass is 10.00. The normalized spacial score (nSPS) is 18.6. The number of piperidine rings is 2. The number of carbonyl (C=O) groups excluding carboxylic acids is 2. The molecule has 17 heteroatoms. The first-order chi connectivity index (χ1) is 26.8. The minimum atomic E-state index is -3.59. The number of ether oxygens (including phenoxy) is 2. The lowest BCUT2D eigenvalue weighted by Crippen LogP contribution is -2.50. The van der Waals surface area contributed by atoms with Gasteiger partial charge in [-0.15, -0.1) is 0 Å². The summed E-state index contributed by atoms with van der Waals surface area (Å²) in [6.45, 7) is 3.85. The van der Waals surface area contributed by atoms with Gasteiger partial charge in [0.05, 0.1) is 21.2 Å². The highest BCUT2D eigenvalue weighted by Gasteiger charge is 2.39. The number of para-hydroxylation sites is 1. The zero-order valence-electron chi connectivity index (χ0n) is 30.3. The van der Waals surface area contributed by atoms with Crippen LogP contribution in [0, 0.1) is 6.92 Å². The van der Waals surface area contributed by atoms with Crippen LogP contribution >= 0.6 is 43.5 Å². The number of fused-ring (bicyclic) bond motifs is 2. The number of aryl methyl sites for hydroxylation is 1. The predicted octanol–water partition coefficient (Wildman–Crippen LogP) is 8.48. The molecule has 0 aliphatic carbocycles. The topological polar surface area (TPSA) is 134 Å². The highest BCUT2D eigenvalue weighted by atomic mass is 79.9. The van der Waals surface area contributed by atoms with Crippen molar-refractivity contribution < 1.29 is 35.9 Å². The van der Waals surface area contributed by atoms with Gasteiger partial charge in [0.25, 0.3) is 0 Å². The molecule has 0 unspecified atom stereocenters. The summed E-state index contributed by atoms with van der Waals surface area (Å²) in [5.41, 5.74) is 4.56. The van der Waals surface area contributed by atoms with E-state index < -0.39 is 26.1 Å². The molecule has 8 rings (SSSR count). The Morgan fingerprint density at radius 3 is 1.64 bits per heavy atom. The number of hydrogen-bond acceptors (Lipinski definition) is 8. The number of sulfonamides is 2. The molecule has 296 valence electrons. The molecule has 0 radical (unpaired) electrons. The van der Waals surface area contributed by atoms with E-state index in [1.807, 2.05) is 31.2 Å². The number of rotatable bonds is 6. The average Bonchev–Trinajstić information content (AvgIpc) is 3.19. The summed E-state index contributed by atoms with van der Waals surface area (Å²) >= 11 is 12.7. The van der Waals surface area contributed by atoms with Gasteiger partial charge in [-0.1, -0.05) is 54.1 Å². The van der Waals surface area contributed by atoms with Gasteiger partial charge in [-0.25, -0.2) is 26.4 Å². The smallest absolute Gasteiger partial charge is 0.414 e. The lowest BCUT2D eigenvalue weighted by molar-refractivity contribution is 0.135. The Hall–Kier alpha value is -3.51. The van der Waals surface area contributed by atoms with Crippen LogP contribution in [-0.2, 0) is 42.7 Å². The van der Waals surface area contributed by atoms with E-state index in [-0.39, 0.29) is 41.2 Å². The quantitative estimate of drug-likeness (QED) is 0.188. The molecule has 2 saturated heterocycles. The number of carbonyl (C=O) groups is 2. The summed E-state index contributed by atoms with van der Waals surface area (Å²) in [5.74, 6) is 0. The Morgan fingerprint density at radius 1 is 0.625 bits per heavy atom. The van der Waals surface area contributed by atoms with Crippen molar-refractivity contribution >= 4 is 87.1 Å². The molecule has 4 aliphatic heterocycles. The van der Waals surface area contributed by atoms with Gasteiger partial charge in [-0.3, -0.25) is 9.80 Å². The fourth-order valence-corrected chi connectivity index (χ4v) is 12.7. The largest absolute Gasteiger partial charge is 0.444 e. The molecule has 4 aliphatic rings. The molecule has 0 saturated carbocycles. The van der Waals surface area contributed by atoms with E-state index in [0.29, 0.717) is 65.8 Å². The predicted molar refractivity (Wildman–Crippen MR) is 220 cm³/mol. The van der Waals surface area contributed by atoms with E-state index in [9.17, 15) is 26.4 Å². The third kappa shape index (κ3) is 8.11. The van der Waals surface area contributed by atoms with E-state index in [1.54, 1.807) is 70.5 Å². The second-order valence-electron chi connectivity index (χ2n) is 13.8. The molecule has 4 aromatic carbocycles. The summed E-state index contributed by atoms with van der Waals surface area (Å²) in [7, 11) is -7.17. The van der Waals surface area contributed by atoms with Crippen LogP contribution in [0.3, 0.4) is 0 Å². The first-order valence-corrected chi connectivity index (χ1v) is 22.9. The Labute approximate surface area is 348 Å². The monoisotopic (exact) mass is 948 g/mol. The SMILES string of the molecule is Cc1cccc2c1N(C1CCN(S(=O)(=O)c3ccccc3Br)CC1)C(=O)OC2.O=C1OCc2cc(Cl)ccc2N1C1CCN(S(=O)(=O)c2ccccc2Br)CC1. The molecule has 2 amide bonds. The van der Waals surface area contributed by atoms with Crippen LogP contribution in [0.5, 0.6) is 0 Å². The number of anilines is 2. The number of benzene rings is 4. The zero-order chi connectivity index (χ0) is 39.8. The highest BCUT2D eigenvalue weighted by Crippen LogP contribution is 2.37. The molecule has 12 nitrogen and oxygen atoms in total. The summed E-state index contributed by atoms with van der Waals surface area (Å²) in [4.78, 5) is 28.8. The van der Waals surface area contributed by atoms with Gasteiger partial charge in [-0.2, -0.15) is 8.61 Å². The fraction of sp³-hybridized carbons (Fsp3) is 0.333. The number of cyclic esters (lactones) is 2. The molecule has 0 N–H and O–H groups in total. The maximum absolute atomic E-state index is 13.0. The summed E-state index contributed by atoms with van der Waals surface area (Å²) in [6.07, 6.45) is 1.43. The first kappa shape index (κ1) is 40.7. The maximum atomic E-state index is 13.0. The van der Waals surface area contributed by atoms with Crippen LogP contribution in [0.25, 0.3) is 0 Å². The average molecular weight is 951 g/mol. The Kier molecular flexibility index (Phi) is 12.2. The zero-order valence-corrected chi connectivity index (χ0v) is 35.9. The Balaban J connectivity index is 0.000000172. The molecule has 0 aromatic heterocycles. The van der Waals surface area contributed by atoms with E-state index in [2.05, 4.69) is 31.9 Å². The van der Waals surface area contributed by atoms with Crippen LogP contribution in [0.2, 0.25) is 5.02 Å². The van der Waals surface area contributed by atoms with E-state index in [1.165, 1.54) is 8.61 Å². The van der Waals surface area contributed by atoms with Crippen molar-refractivity contribution in [2.24, 2.45) is 0 Å². The van der Waals surface area contributed by atoms with Gasteiger partial charge in [0.2, 0.25) is 20.0 Å². The molecule has 0 bridgehead atoms. The van der Waals surface area contributed by atoms with Crippen molar-refractivity contribution in [1.29, 1.82) is 0 Å². The Morgan fingerprint density at radius 2 is 1.11 bits per heavy atom. The molecule has 0 atom stereocenters. The van der Waals surface area contributed by atoms with Gasteiger partial charge in [0.1, 0.15) is 13.2 Å². The van der Waals surface area contributed by atoms with Crippen molar-refractivity contribution in [3.8, 4) is 0 Å². The van der Waals surface area contributed by atoms with Gasteiger partial charge < -0.3 is 9.47 Å². The molecule has 4 aromatic rings. The Bertz CT molecular complexity index is 2370. The van der Waals surface area contributed by atoms with Crippen molar-refractivity contribution in [3.05, 3.63) is 116 Å². The minimum Gasteiger partial charge on any atom is -0.444 e. The van der Waals surface area contributed by atoms with E-state index in [0.717, 1.165) is 28.1 Å². The standard InChI is InChI=1S/C20H21BrN2O4S.C19H18BrClN2O4S/c1-14-5-4-6-15-13-27-20(24)23(19(14)15)16-9-11-22(12-10-16)28(25,26)18-8-3-2-7-17(18)21;20-16-3-1-2-4-18(16)28(25,26)22-9-7-15(8-10-22)23-17-6-5-14(21)11-13(17)12-27-19(23)24/h2-8,16H,9-13H2,1H3;1-6,11,15H,7-10,12H2. The lowest BCUT2D eigenvalue weighted by Gasteiger charge is -2.40. The molecule has 56 heavy (non-hydrogen) atoms. The summed E-state index contributed by atoms with van der Waals surface area (Å²) < 4.78 is 66.7. The summed E-state index contributed by atoms with van der Waals surface area (Å²) in [6, 6.07) is 24.7. The maximum Gasteiger partial charge on any atom is 0.414 e. The first-order valence-electron chi connectivity index (χ1n) is 18.1. The van der Waals surface area contributed by atoms with Crippen LogP contribution < -0.4 is 9.80 Å². The van der Waals surface area contributed by atoms with Crippen LogP contribution in [-0.4, -0.2) is 75.9 Å². The number of halogens is 3. The van der Waals surface area contributed by atoms with Gasteiger partial charge in [0.15, 0.2) is 0 Å². The fourth-order valence-electron chi connectivity index (χ4n) is 7.64. The van der Waals surface area contributed by atoms with Gasteiger partial charge >= 0.3 is 12.2 Å². The van der Waals surface area contributed by atoms with Crippen molar-refractivity contribution in [2.45, 2.75) is 67.7 Å². The minimum absolute atomic E-state index is 0.0849. The van der Waals surface area contributed by atoms with Crippen LogP contribution in [0.15, 0.2) is 104 Å². The number of hydrogen-bond donors (Lipinski definition) is 0. The van der Waals surface area contributed by atoms with Crippen LogP contribution in [0.1, 0.15) is 42.4 Å².